The van der Waals surface area contributed by atoms with E-state index in [9.17, 15) is 0 Å². The van der Waals surface area contributed by atoms with E-state index < -0.39 is 0 Å². The van der Waals surface area contributed by atoms with E-state index in [-0.39, 0.29) is 5.92 Å². The zero-order valence-electron chi connectivity index (χ0n) is 13.7. The number of halogens is 1. The number of hydrogen-bond acceptors (Lipinski definition) is 2. The molecule has 0 spiro atoms. The molecule has 0 heterocycles. The Kier molecular flexibility index (Phi) is 5.07. The molecule has 0 radical (unpaired) electrons. The first-order chi connectivity index (χ1) is 11.8. The van der Waals surface area contributed by atoms with Crippen LogP contribution in [0, 0.1) is 0 Å². The second kappa shape index (κ2) is 7.41. The standard InChI is InChI=1S/C21H19ClO2/c1-23-19-13-7-4-10-16(19)21(15-9-3-6-12-18(15)22)17-11-5-8-14-20(17)24-2/h3-14,21H,1-2H3. The SMILES string of the molecule is COc1ccccc1C(c1ccccc1Cl)c1ccccc1OC. The topological polar surface area (TPSA) is 18.5 Å². The fourth-order valence-corrected chi connectivity index (χ4v) is 3.27. The third kappa shape index (κ3) is 3.10. The molecule has 0 atom stereocenters. The molecule has 0 aliphatic heterocycles. The number of benzene rings is 3. The first-order valence-electron chi connectivity index (χ1n) is 7.76. The minimum absolute atomic E-state index is 0.0778. The van der Waals surface area contributed by atoms with E-state index in [4.69, 9.17) is 21.1 Å². The number of ether oxygens (including phenoxy) is 2. The summed E-state index contributed by atoms with van der Waals surface area (Å²) in [6.45, 7) is 0. The fraction of sp³-hybridized carbons (Fsp3) is 0.143. The monoisotopic (exact) mass is 338 g/mol. The van der Waals surface area contributed by atoms with Crippen molar-refractivity contribution in [3.63, 3.8) is 0 Å². The van der Waals surface area contributed by atoms with Crippen molar-refractivity contribution in [3.05, 3.63) is 94.5 Å². The number of methoxy groups -OCH3 is 2. The number of hydrogen-bond donors (Lipinski definition) is 0. The minimum atomic E-state index is -0.0778. The van der Waals surface area contributed by atoms with Crippen molar-refractivity contribution < 1.29 is 9.47 Å². The van der Waals surface area contributed by atoms with Gasteiger partial charge in [0, 0.05) is 22.1 Å². The maximum absolute atomic E-state index is 6.53. The molecule has 122 valence electrons. The Hall–Kier alpha value is -2.45. The van der Waals surface area contributed by atoms with Gasteiger partial charge in [-0.3, -0.25) is 0 Å². The smallest absolute Gasteiger partial charge is 0.123 e. The Balaban J connectivity index is 2.28. The summed E-state index contributed by atoms with van der Waals surface area (Å²) < 4.78 is 11.2. The third-order valence-electron chi connectivity index (χ3n) is 4.12. The van der Waals surface area contributed by atoms with Crippen molar-refractivity contribution in [1.29, 1.82) is 0 Å². The van der Waals surface area contributed by atoms with Crippen LogP contribution >= 0.6 is 11.6 Å². The molecular weight excluding hydrogens is 320 g/mol. The first-order valence-corrected chi connectivity index (χ1v) is 8.14. The van der Waals surface area contributed by atoms with Crippen molar-refractivity contribution >= 4 is 11.6 Å². The Bertz CT molecular complexity index is 782. The molecule has 0 fully saturated rings. The molecule has 3 heteroatoms. The van der Waals surface area contributed by atoms with Crippen LogP contribution in [0.25, 0.3) is 0 Å². The third-order valence-corrected chi connectivity index (χ3v) is 4.46. The van der Waals surface area contributed by atoms with Crippen LogP contribution in [-0.4, -0.2) is 14.2 Å². The van der Waals surface area contributed by atoms with E-state index in [1.54, 1.807) is 14.2 Å². The summed E-state index contributed by atoms with van der Waals surface area (Å²) in [4.78, 5) is 0. The van der Waals surface area contributed by atoms with Crippen molar-refractivity contribution in [2.75, 3.05) is 14.2 Å². The van der Waals surface area contributed by atoms with Crippen LogP contribution < -0.4 is 9.47 Å². The van der Waals surface area contributed by atoms with Crippen LogP contribution in [0.15, 0.2) is 72.8 Å². The lowest BCUT2D eigenvalue weighted by Gasteiger charge is -2.23. The Morgan fingerprint density at radius 2 is 1.04 bits per heavy atom. The Morgan fingerprint density at radius 1 is 0.625 bits per heavy atom. The van der Waals surface area contributed by atoms with Crippen LogP contribution in [0.1, 0.15) is 22.6 Å². The lowest BCUT2D eigenvalue weighted by atomic mass is 9.84. The highest BCUT2D eigenvalue weighted by molar-refractivity contribution is 6.31. The molecule has 0 bridgehead atoms. The fourth-order valence-electron chi connectivity index (χ4n) is 3.02. The van der Waals surface area contributed by atoms with Gasteiger partial charge in [-0.1, -0.05) is 66.2 Å². The summed E-state index contributed by atoms with van der Waals surface area (Å²) >= 11 is 6.53. The minimum Gasteiger partial charge on any atom is -0.496 e. The lowest BCUT2D eigenvalue weighted by Crippen LogP contribution is -2.07. The van der Waals surface area contributed by atoms with Crippen molar-refractivity contribution in [3.8, 4) is 11.5 Å². The van der Waals surface area contributed by atoms with Crippen LogP contribution in [0.4, 0.5) is 0 Å². The molecule has 0 aliphatic carbocycles. The number of para-hydroxylation sites is 2. The van der Waals surface area contributed by atoms with Gasteiger partial charge in [0.15, 0.2) is 0 Å². The summed E-state index contributed by atoms with van der Waals surface area (Å²) in [6.07, 6.45) is 0. The van der Waals surface area contributed by atoms with Gasteiger partial charge in [0.2, 0.25) is 0 Å². The Morgan fingerprint density at radius 3 is 1.50 bits per heavy atom. The summed E-state index contributed by atoms with van der Waals surface area (Å²) in [6, 6.07) is 23.9. The largest absolute Gasteiger partial charge is 0.496 e. The predicted octanol–water partition coefficient (Wildman–Crippen LogP) is 5.54. The van der Waals surface area contributed by atoms with Gasteiger partial charge in [-0.2, -0.15) is 0 Å². The molecule has 3 aromatic carbocycles. The van der Waals surface area contributed by atoms with Crippen LogP contribution in [0.5, 0.6) is 11.5 Å². The van der Waals surface area contributed by atoms with Gasteiger partial charge in [0.05, 0.1) is 14.2 Å². The quantitative estimate of drug-likeness (QED) is 0.569. The molecule has 0 unspecified atom stereocenters. The van der Waals surface area contributed by atoms with Crippen molar-refractivity contribution in [2.45, 2.75) is 5.92 Å². The molecule has 0 N–H and O–H groups in total. The van der Waals surface area contributed by atoms with Crippen LogP contribution in [-0.2, 0) is 0 Å². The second-order valence-corrected chi connectivity index (χ2v) is 5.85. The zero-order valence-corrected chi connectivity index (χ0v) is 14.5. The van der Waals surface area contributed by atoms with E-state index in [0.29, 0.717) is 0 Å². The molecule has 0 aromatic heterocycles. The molecule has 24 heavy (non-hydrogen) atoms. The van der Waals surface area contributed by atoms with Gasteiger partial charge in [-0.05, 0) is 23.8 Å². The predicted molar refractivity (Wildman–Crippen MR) is 98.4 cm³/mol. The molecule has 3 rings (SSSR count). The summed E-state index contributed by atoms with van der Waals surface area (Å²) in [5.41, 5.74) is 3.13. The van der Waals surface area contributed by atoms with Crippen molar-refractivity contribution in [2.24, 2.45) is 0 Å². The normalized spacial score (nSPS) is 10.7. The molecule has 2 nitrogen and oxygen atoms in total. The highest BCUT2D eigenvalue weighted by Crippen LogP contribution is 2.42. The average molecular weight is 339 g/mol. The van der Waals surface area contributed by atoms with Gasteiger partial charge in [0.25, 0.3) is 0 Å². The van der Waals surface area contributed by atoms with E-state index in [1.165, 1.54) is 0 Å². The van der Waals surface area contributed by atoms with E-state index >= 15 is 0 Å². The van der Waals surface area contributed by atoms with Gasteiger partial charge in [0.1, 0.15) is 11.5 Å². The first kappa shape index (κ1) is 16.4. The van der Waals surface area contributed by atoms with Gasteiger partial charge >= 0.3 is 0 Å². The van der Waals surface area contributed by atoms with Gasteiger partial charge in [-0.25, -0.2) is 0 Å². The summed E-state index contributed by atoms with van der Waals surface area (Å²) in [7, 11) is 3.37. The van der Waals surface area contributed by atoms with Gasteiger partial charge in [-0.15, -0.1) is 0 Å². The molecular formula is C21H19ClO2. The molecule has 0 saturated carbocycles. The van der Waals surface area contributed by atoms with Crippen molar-refractivity contribution in [1.82, 2.24) is 0 Å². The Labute approximate surface area is 147 Å². The van der Waals surface area contributed by atoms with Crippen LogP contribution in [0.3, 0.4) is 0 Å². The maximum Gasteiger partial charge on any atom is 0.123 e. The lowest BCUT2D eigenvalue weighted by molar-refractivity contribution is 0.402. The molecule has 0 aliphatic rings. The van der Waals surface area contributed by atoms with E-state index in [1.807, 2.05) is 60.7 Å². The van der Waals surface area contributed by atoms with Crippen LogP contribution in [0.2, 0.25) is 5.02 Å². The maximum atomic E-state index is 6.53. The highest BCUT2D eigenvalue weighted by atomic mass is 35.5. The average Bonchev–Trinajstić information content (AvgIpc) is 2.64. The summed E-state index contributed by atoms with van der Waals surface area (Å²) in [5, 5.41) is 0.722. The van der Waals surface area contributed by atoms with Gasteiger partial charge < -0.3 is 9.47 Å². The van der Waals surface area contributed by atoms with E-state index in [2.05, 4.69) is 12.1 Å². The molecule has 0 saturated heterocycles. The summed E-state index contributed by atoms with van der Waals surface area (Å²) in [5.74, 6) is 1.58. The highest BCUT2D eigenvalue weighted by Gasteiger charge is 2.24. The second-order valence-electron chi connectivity index (χ2n) is 5.44. The zero-order chi connectivity index (χ0) is 16.9. The number of rotatable bonds is 5. The molecule has 3 aromatic rings. The van der Waals surface area contributed by atoms with E-state index in [0.717, 1.165) is 33.2 Å². The molecule has 0 amide bonds.